The summed E-state index contributed by atoms with van der Waals surface area (Å²) in [6.07, 6.45) is 7.95. The Morgan fingerprint density at radius 2 is 2.20 bits per heavy atom. The largest absolute Gasteiger partial charge is 0.377 e. The van der Waals surface area contributed by atoms with Crippen molar-refractivity contribution >= 4 is 5.91 Å². The summed E-state index contributed by atoms with van der Waals surface area (Å²) < 4.78 is 7.37. The van der Waals surface area contributed by atoms with Crippen LogP contribution in [0, 0.1) is 17.8 Å². The first-order valence-corrected chi connectivity index (χ1v) is 9.02. The van der Waals surface area contributed by atoms with Crippen molar-refractivity contribution in [3.63, 3.8) is 0 Å². The van der Waals surface area contributed by atoms with E-state index in [-0.39, 0.29) is 11.9 Å². The van der Waals surface area contributed by atoms with Gasteiger partial charge < -0.3 is 10.1 Å². The van der Waals surface area contributed by atoms with Crippen LogP contribution < -0.4 is 5.32 Å². The van der Waals surface area contributed by atoms with Gasteiger partial charge in [-0.05, 0) is 22.8 Å². The molecule has 0 radical (unpaired) electrons. The maximum Gasteiger partial charge on any atom is 0.269 e. The lowest BCUT2D eigenvalue weighted by Crippen LogP contribution is -2.63. The van der Waals surface area contributed by atoms with Crippen LogP contribution in [0.2, 0.25) is 0 Å². The second-order valence-corrected chi connectivity index (χ2v) is 7.30. The average molecular weight is 343 g/mol. The van der Waals surface area contributed by atoms with E-state index in [9.17, 15) is 4.79 Å². The number of hydrogen-bond acceptors (Lipinski definition) is 6. The van der Waals surface area contributed by atoms with E-state index >= 15 is 0 Å². The average Bonchev–Trinajstić information content (AvgIpc) is 3.39. The van der Waals surface area contributed by atoms with Crippen molar-refractivity contribution in [2.45, 2.75) is 44.2 Å². The number of carbonyl (C=O) groups is 1. The highest BCUT2D eigenvalue weighted by atomic mass is 16.5. The summed E-state index contributed by atoms with van der Waals surface area (Å²) >= 11 is 0. The fourth-order valence-electron chi connectivity index (χ4n) is 4.90. The molecule has 2 aromatic heterocycles. The number of hydrogen-bond donors (Lipinski definition) is 2. The summed E-state index contributed by atoms with van der Waals surface area (Å²) in [6.45, 7) is 0.818. The lowest BCUT2D eigenvalue weighted by molar-refractivity contribution is -0.0784. The van der Waals surface area contributed by atoms with E-state index < -0.39 is 0 Å². The van der Waals surface area contributed by atoms with Crippen molar-refractivity contribution in [2.24, 2.45) is 17.8 Å². The molecule has 9 heteroatoms. The molecule has 0 spiro atoms. The molecule has 2 N–H and O–H groups in total. The zero-order valence-corrected chi connectivity index (χ0v) is 13.8. The topological polar surface area (TPSA) is 111 Å². The molecule has 3 fully saturated rings. The highest BCUT2D eigenvalue weighted by Crippen LogP contribution is 2.51. The molecule has 2 saturated carbocycles. The van der Waals surface area contributed by atoms with Gasteiger partial charge in [0, 0.05) is 30.6 Å². The van der Waals surface area contributed by atoms with E-state index in [1.165, 1.54) is 36.7 Å². The van der Waals surface area contributed by atoms with Crippen LogP contribution in [0.25, 0.3) is 5.82 Å². The van der Waals surface area contributed by atoms with Gasteiger partial charge in [-0.1, -0.05) is 25.7 Å². The van der Waals surface area contributed by atoms with Crippen LogP contribution in [-0.2, 0) is 4.74 Å². The number of ether oxygens (including phenoxy) is 1. The Morgan fingerprint density at radius 1 is 1.32 bits per heavy atom. The monoisotopic (exact) mass is 343 g/mol. The van der Waals surface area contributed by atoms with Gasteiger partial charge in [-0.2, -0.15) is 9.78 Å². The second-order valence-electron chi connectivity index (χ2n) is 7.30. The first kappa shape index (κ1) is 15.0. The van der Waals surface area contributed by atoms with Gasteiger partial charge in [-0.15, -0.1) is 5.10 Å². The van der Waals surface area contributed by atoms with Gasteiger partial charge in [0.1, 0.15) is 12.0 Å². The van der Waals surface area contributed by atoms with Crippen molar-refractivity contribution < 1.29 is 9.53 Å². The third-order valence-electron chi connectivity index (χ3n) is 6.07. The van der Waals surface area contributed by atoms with Crippen LogP contribution in [0.4, 0.5) is 0 Å². The lowest BCUT2D eigenvalue weighted by Gasteiger charge is -2.50. The lowest BCUT2D eigenvalue weighted by atomic mass is 9.61. The predicted molar refractivity (Wildman–Crippen MR) is 85.8 cm³/mol. The second kappa shape index (κ2) is 5.91. The number of carbonyl (C=O) groups excluding carboxylic acids is 1. The molecule has 0 bridgehead atoms. The molecule has 0 aromatic carbocycles. The van der Waals surface area contributed by atoms with Crippen LogP contribution in [-0.4, -0.2) is 55.1 Å². The van der Waals surface area contributed by atoms with Crippen molar-refractivity contribution in [1.29, 1.82) is 0 Å². The predicted octanol–water partition coefficient (Wildman–Crippen LogP) is 0.709. The van der Waals surface area contributed by atoms with E-state index in [1.54, 1.807) is 6.07 Å². The maximum absolute atomic E-state index is 12.7. The molecule has 3 heterocycles. The minimum absolute atomic E-state index is 0.120. The molecule has 9 nitrogen and oxygen atoms in total. The highest BCUT2D eigenvalue weighted by Gasteiger charge is 2.57. The summed E-state index contributed by atoms with van der Waals surface area (Å²) in [5, 5.41) is 21.1. The zero-order valence-electron chi connectivity index (χ0n) is 13.8. The molecule has 25 heavy (non-hydrogen) atoms. The Bertz CT molecular complexity index is 748. The van der Waals surface area contributed by atoms with Gasteiger partial charge in [0.25, 0.3) is 5.91 Å². The molecule has 1 aliphatic heterocycles. The molecular weight excluding hydrogens is 322 g/mol. The number of fused-ring (bicyclic) bond motifs is 1. The quantitative estimate of drug-likeness (QED) is 0.846. The van der Waals surface area contributed by atoms with E-state index in [0.29, 0.717) is 35.4 Å². The molecule has 3 aliphatic rings. The molecule has 5 rings (SSSR count). The summed E-state index contributed by atoms with van der Waals surface area (Å²) in [4.78, 5) is 12.7. The van der Waals surface area contributed by atoms with Gasteiger partial charge in [-0.25, -0.2) is 0 Å². The van der Waals surface area contributed by atoms with E-state index in [0.717, 1.165) is 13.0 Å². The third kappa shape index (κ3) is 2.45. The van der Waals surface area contributed by atoms with Gasteiger partial charge >= 0.3 is 0 Å². The molecular formula is C16H21N7O2. The first-order chi connectivity index (χ1) is 12.3. The summed E-state index contributed by atoms with van der Waals surface area (Å²) in [6, 6.07) is 1.88. The number of aromatic amines is 1. The van der Waals surface area contributed by atoms with Gasteiger partial charge in [0.05, 0.1) is 6.10 Å². The van der Waals surface area contributed by atoms with Crippen LogP contribution in [0.1, 0.15) is 42.6 Å². The van der Waals surface area contributed by atoms with E-state index in [1.807, 2.05) is 0 Å². The van der Waals surface area contributed by atoms with Crippen molar-refractivity contribution in [1.82, 2.24) is 35.7 Å². The molecule has 1 saturated heterocycles. The van der Waals surface area contributed by atoms with Gasteiger partial charge in [0.2, 0.25) is 0 Å². The molecule has 0 unspecified atom stereocenters. The number of rotatable bonds is 4. The minimum Gasteiger partial charge on any atom is -0.377 e. The maximum atomic E-state index is 12.7. The van der Waals surface area contributed by atoms with Crippen LogP contribution in [0.3, 0.4) is 0 Å². The Labute approximate surface area is 144 Å². The minimum atomic E-state index is -0.120. The normalized spacial score (nSPS) is 31.7. The van der Waals surface area contributed by atoms with Gasteiger partial charge in [0.15, 0.2) is 5.82 Å². The number of nitrogens with one attached hydrogen (secondary N) is 2. The first-order valence-electron chi connectivity index (χ1n) is 9.02. The number of nitrogens with zero attached hydrogens (tertiary/aromatic N) is 5. The smallest absolute Gasteiger partial charge is 0.269 e. The summed E-state index contributed by atoms with van der Waals surface area (Å²) in [5.41, 5.74) is 0.429. The highest BCUT2D eigenvalue weighted by molar-refractivity contribution is 5.93. The Balaban J connectivity index is 1.31. The van der Waals surface area contributed by atoms with Crippen LogP contribution >= 0.6 is 0 Å². The van der Waals surface area contributed by atoms with Crippen LogP contribution in [0.5, 0.6) is 0 Å². The van der Waals surface area contributed by atoms with E-state index in [4.69, 9.17) is 4.74 Å². The number of H-pyrrole nitrogens is 1. The molecule has 4 atom stereocenters. The SMILES string of the molecule is O=C(N[C@H]1[C@@H]2CCO[C@@H]2[C@@H]1C1CCCC1)c1cc(-n2cnnn2)n[nH]1. The zero-order chi connectivity index (χ0) is 16.8. The Kier molecular flexibility index (Phi) is 3.54. The van der Waals surface area contributed by atoms with Crippen molar-refractivity contribution in [3.8, 4) is 5.82 Å². The third-order valence-corrected chi connectivity index (χ3v) is 6.07. The van der Waals surface area contributed by atoms with Crippen molar-refractivity contribution in [2.75, 3.05) is 6.61 Å². The standard InChI is InChI=1S/C16H21N7O2/c24-16(11-7-12(20-19-11)23-8-17-21-22-23)18-14-10-5-6-25-15(10)13(14)9-3-1-2-4-9/h7-10,13-15H,1-6H2,(H,18,24)(H,19,20)/t10-,13+,14-,15-/m0/s1. The molecule has 132 valence electrons. The summed E-state index contributed by atoms with van der Waals surface area (Å²) in [7, 11) is 0. The number of aromatic nitrogens is 6. The number of tetrazole rings is 1. The number of amides is 1. The Morgan fingerprint density at radius 3 is 3.00 bits per heavy atom. The van der Waals surface area contributed by atoms with Gasteiger partial charge in [-0.3, -0.25) is 9.89 Å². The molecule has 1 amide bonds. The van der Waals surface area contributed by atoms with Crippen molar-refractivity contribution in [3.05, 3.63) is 18.1 Å². The van der Waals surface area contributed by atoms with E-state index in [2.05, 4.69) is 31.0 Å². The van der Waals surface area contributed by atoms with Crippen LogP contribution in [0.15, 0.2) is 12.4 Å². The Hall–Kier alpha value is -2.29. The fourth-order valence-corrected chi connectivity index (χ4v) is 4.90. The molecule has 2 aliphatic carbocycles. The molecule has 2 aromatic rings. The fraction of sp³-hybridized carbons (Fsp3) is 0.688. The summed E-state index contributed by atoms with van der Waals surface area (Å²) in [5.74, 6) is 1.98.